The van der Waals surface area contributed by atoms with Gasteiger partial charge in [0, 0.05) is 30.8 Å². The van der Waals surface area contributed by atoms with E-state index in [9.17, 15) is 4.79 Å². The molecular formula is C27H32N2O2. The number of benzene rings is 3. The number of nitrogens with one attached hydrogen (secondary N) is 1. The van der Waals surface area contributed by atoms with E-state index in [1.807, 2.05) is 41.3 Å². The predicted octanol–water partition coefficient (Wildman–Crippen LogP) is 6.41. The van der Waals surface area contributed by atoms with E-state index >= 15 is 0 Å². The molecule has 0 atom stereocenters. The molecule has 0 saturated carbocycles. The maximum atomic E-state index is 13.1. The largest absolute Gasteiger partial charge is 0.497 e. The van der Waals surface area contributed by atoms with E-state index in [1.54, 1.807) is 7.11 Å². The minimum absolute atomic E-state index is 0.0816. The molecule has 0 radical (unpaired) electrons. The van der Waals surface area contributed by atoms with Crippen molar-refractivity contribution in [2.45, 2.75) is 26.2 Å². The van der Waals surface area contributed by atoms with Gasteiger partial charge in [0.1, 0.15) is 5.75 Å². The topological polar surface area (TPSA) is 41.6 Å². The fourth-order valence-electron chi connectivity index (χ4n) is 3.80. The lowest BCUT2D eigenvalue weighted by atomic mass is 9.88. The standard InChI is InChI=1S/C27H32N2O2/c1-21(2)20-29(27(30)28-24-15-10-16-25(19-24)31-3)18-17-26(22-11-6-4-7-12-22)23-13-8-5-9-14-23/h4-16,19,21,26H,17-18,20H2,1-3H3,(H,28,30). The highest BCUT2D eigenvalue weighted by atomic mass is 16.5. The fourth-order valence-corrected chi connectivity index (χ4v) is 3.80. The van der Waals surface area contributed by atoms with Crippen molar-refractivity contribution in [3.8, 4) is 5.75 Å². The monoisotopic (exact) mass is 416 g/mol. The molecule has 1 N–H and O–H groups in total. The van der Waals surface area contributed by atoms with Crippen LogP contribution in [0.1, 0.15) is 37.3 Å². The minimum atomic E-state index is -0.0816. The van der Waals surface area contributed by atoms with Crippen molar-refractivity contribution in [3.05, 3.63) is 96.1 Å². The highest BCUT2D eigenvalue weighted by Crippen LogP contribution is 2.28. The molecule has 0 aliphatic rings. The number of carbonyl (C=O) groups excluding carboxylic acids is 1. The van der Waals surface area contributed by atoms with Crippen molar-refractivity contribution < 1.29 is 9.53 Å². The summed E-state index contributed by atoms with van der Waals surface area (Å²) in [6.07, 6.45) is 0.853. The van der Waals surface area contributed by atoms with Gasteiger partial charge in [-0.25, -0.2) is 4.79 Å². The number of hydrogen-bond donors (Lipinski definition) is 1. The van der Waals surface area contributed by atoms with E-state index in [2.05, 4.69) is 67.7 Å². The smallest absolute Gasteiger partial charge is 0.321 e. The molecule has 3 rings (SSSR count). The van der Waals surface area contributed by atoms with Gasteiger partial charge in [-0.3, -0.25) is 0 Å². The number of methoxy groups -OCH3 is 1. The van der Waals surface area contributed by atoms with Crippen LogP contribution < -0.4 is 10.1 Å². The zero-order valence-electron chi connectivity index (χ0n) is 18.6. The first kappa shape index (κ1) is 22.4. The third kappa shape index (κ3) is 6.61. The van der Waals surface area contributed by atoms with E-state index in [4.69, 9.17) is 4.74 Å². The van der Waals surface area contributed by atoms with E-state index < -0.39 is 0 Å². The van der Waals surface area contributed by atoms with Crippen LogP contribution in [0.2, 0.25) is 0 Å². The second kappa shape index (κ2) is 11.2. The van der Waals surface area contributed by atoms with Gasteiger partial charge in [0.25, 0.3) is 0 Å². The maximum absolute atomic E-state index is 13.1. The molecule has 0 aromatic heterocycles. The Morgan fingerprint density at radius 2 is 1.52 bits per heavy atom. The molecule has 3 aromatic rings. The van der Waals surface area contributed by atoms with Gasteiger partial charge >= 0.3 is 6.03 Å². The second-order valence-corrected chi connectivity index (χ2v) is 8.16. The number of carbonyl (C=O) groups is 1. The molecule has 0 saturated heterocycles. The molecule has 0 aliphatic carbocycles. The number of ether oxygens (including phenoxy) is 1. The molecule has 4 nitrogen and oxygen atoms in total. The van der Waals surface area contributed by atoms with E-state index in [1.165, 1.54) is 11.1 Å². The molecule has 0 spiro atoms. The van der Waals surface area contributed by atoms with E-state index in [0.29, 0.717) is 19.0 Å². The third-order valence-corrected chi connectivity index (χ3v) is 5.29. The number of anilines is 1. The van der Waals surface area contributed by atoms with Crippen LogP contribution in [0.4, 0.5) is 10.5 Å². The molecule has 162 valence electrons. The molecule has 4 heteroatoms. The number of hydrogen-bond acceptors (Lipinski definition) is 2. The van der Waals surface area contributed by atoms with Crippen LogP contribution in [0.5, 0.6) is 5.75 Å². The van der Waals surface area contributed by atoms with Crippen LogP contribution in [0.15, 0.2) is 84.9 Å². The summed E-state index contributed by atoms with van der Waals surface area (Å²) in [6, 6.07) is 28.4. The first-order valence-corrected chi connectivity index (χ1v) is 10.9. The Morgan fingerprint density at radius 1 is 0.903 bits per heavy atom. The number of nitrogens with zero attached hydrogens (tertiary/aromatic N) is 1. The van der Waals surface area contributed by atoms with Crippen molar-refractivity contribution >= 4 is 11.7 Å². The summed E-state index contributed by atoms with van der Waals surface area (Å²) < 4.78 is 5.27. The third-order valence-electron chi connectivity index (χ3n) is 5.29. The first-order chi connectivity index (χ1) is 15.1. The average molecular weight is 417 g/mol. The van der Waals surface area contributed by atoms with Gasteiger partial charge in [0.15, 0.2) is 0 Å². The number of amides is 2. The second-order valence-electron chi connectivity index (χ2n) is 8.16. The summed E-state index contributed by atoms with van der Waals surface area (Å²) in [5.74, 6) is 1.34. The SMILES string of the molecule is COc1cccc(NC(=O)N(CCC(c2ccccc2)c2ccccc2)CC(C)C)c1. The predicted molar refractivity (Wildman–Crippen MR) is 128 cm³/mol. The van der Waals surface area contributed by atoms with Gasteiger partial charge in [0.05, 0.1) is 7.11 Å². The molecule has 2 amide bonds. The Balaban J connectivity index is 1.76. The van der Waals surface area contributed by atoms with E-state index in [-0.39, 0.29) is 11.9 Å². The minimum Gasteiger partial charge on any atom is -0.497 e. The Morgan fingerprint density at radius 3 is 2.06 bits per heavy atom. The van der Waals surface area contributed by atoms with Crippen molar-refractivity contribution in [1.29, 1.82) is 0 Å². The van der Waals surface area contributed by atoms with Gasteiger partial charge in [-0.15, -0.1) is 0 Å². The normalized spacial score (nSPS) is 10.9. The summed E-state index contributed by atoms with van der Waals surface area (Å²) in [7, 11) is 1.62. The molecule has 3 aromatic carbocycles. The van der Waals surface area contributed by atoms with Gasteiger partial charge < -0.3 is 15.0 Å². The van der Waals surface area contributed by atoms with Crippen molar-refractivity contribution in [2.75, 3.05) is 25.5 Å². The van der Waals surface area contributed by atoms with Crippen LogP contribution in [-0.2, 0) is 0 Å². The lowest BCUT2D eigenvalue weighted by Gasteiger charge is -2.27. The Bertz CT molecular complexity index is 902. The first-order valence-electron chi connectivity index (χ1n) is 10.9. The average Bonchev–Trinajstić information content (AvgIpc) is 2.79. The van der Waals surface area contributed by atoms with Gasteiger partial charge in [-0.2, -0.15) is 0 Å². The molecule has 0 heterocycles. The van der Waals surface area contributed by atoms with Crippen LogP contribution in [0.25, 0.3) is 0 Å². The zero-order valence-corrected chi connectivity index (χ0v) is 18.6. The van der Waals surface area contributed by atoms with Crippen molar-refractivity contribution in [2.24, 2.45) is 5.92 Å². The molecular weight excluding hydrogens is 384 g/mol. The van der Waals surface area contributed by atoms with Crippen molar-refractivity contribution in [3.63, 3.8) is 0 Å². The summed E-state index contributed by atoms with van der Waals surface area (Å²) in [6.45, 7) is 5.64. The van der Waals surface area contributed by atoms with Crippen LogP contribution in [0, 0.1) is 5.92 Å². The fraction of sp³-hybridized carbons (Fsp3) is 0.296. The summed E-state index contributed by atoms with van der Waals surface area (Å²) in [4.78, 5) is 15.0. The molecule has 0 unspecified atom stereocenters. The lowest BCUT2D eigenvalue weighted by molar-refractivity contribution is 0.203. The van der Waals surface area contributed by atoms with Gasteiger partial charge in [-0.1, -0.05) is 80.6 Å². The van der Waals surface area contributed by atoms with Gasteiger partial charge in [0.2, 0.25) is 0 Å². The highest BCUT2D eigenvalue weighted by molar-refractivity contribution is 5.89. The molecule has 0 fully saturated rings. The highest BCUT2D eigenvalue weighted by Gasteiger charge is 2.20. The number of rotatable bonds is 9. The molecule has 0 aliphatic heterocycles. The zero-order chi connectivity index (χ0) is 22.1. The Kier molecular flexibility index (Phi) is 8.11. The Labute approximate surface area is 185 Å². The van der Waals surface area contributed by atoms with Crippen LogP contribution in [0.3, 0.4) is 0 Å². The van der Waals surface area contributed by atoms with Crippen LogP contribution >= 0.6 is 0 Å². The Hall–Kier alpha value is -3.27. The summed E-state index contributed by atoms with van der Waals surface area (Å²) in [5, 5.41) is 3.03. The quantitative estimate of drug-likeness (QED) is 0.438. The number of urea groups is 1. The summed E-state index contributed by atoms with van der Waals surface area (Å²) in [5.41, 5.74) is 3.28. The van der Waals surface area contributed by atoms with E-state index in [0.717, 1.165) is 17.9 Å². The molecule has 31 heavy (non-hydrogen) atoms. The molecule has 0 bridgehead atoms. The van der Waals surface area contributed by atoms with Gasteiger partial charge in [-0.05, 0) is 35.6 Å². The maximum Gasteiger partial charge on any atom is 0.321 e. The lowest BCUT2D eigenvalue weighted by Crippen LogP contribution is -2.38. The summed E-state index contributed by atoms with van der Waals surface area (Å²) >= 11 is 0. The van der Waals surface area contributed by atoms with Crippen molar-refractivity contribution in [1.82, 2.24) is 4.90 Å². The van der Waals surface area contributed by atoms with Crippen LogP contribution in [-0.4, -0.2) is 31.1 Å².